The van der Waals surface area contributed by atoms with Crippen LogP contribution in [0.3, 0.4) is 0 Å². The number of hydrogen-bond donors (Lipinski definition) is 1. The summed E-state index contributed by atoms with van der Waals surface area (Å²) in [5.74, 6) is -0.824. The van der Waals surface area contributed by atoms with Crippen LogP contribution < -0.4 is 4.90 Å². The predicted molar refractivity (Wildman–Crippen MR) is 73.5 cm³/mol. The van der Waals surface area contributed by atoms with Crippen LogP contribution >= 0.6 is 11.3 Å². The van der Waals surface area contributed by atoms with Gasteiger partial charge in [-0.05, 0) is 26.7 Å². The molecule has 1 fully saturated rings. The van der Waals surface area contributed by atoms with Gasteiger partial charge in [-0.25, -0.2) is 4.98 Å². The zero-order valence-corrected chi connectivity index (χ0v) is 11.8. The van der Waals surface area contributed by atoms with E-state index in [1.165, 1.54) is 25.7 Å². The Hall–Kier alpha value is -1.10. The third-order valence-electron chi connectivity index (χ3n) is 3.54. The number of aromatic nitrogens is 1. The molecule has 4 nitrogen and oxygen atoms in total. The Balaban J connectivity index is 2.16. The zero-order valence-electron chi connectivity index (χ0n) is 11.0. The first-order chi connectivity index (χ1) is 8.51. The molecule has 0 aromatic carbocycles. The quantitative estimate of drug-likeness (QED) is 0.916. The molecule has 2 heterocycles. The first-order valence-corrected chi connectivity index (χ1v) is 7.34. The molecule has 1 saturated heterocycles. The summed E-state index contributed by atoms with van der Waals surface area (Å²) in [4.78, 5) is 18.0. The molecule has 2 rings (SSSR count). The topological polar surface area (TPSA) is 53.4 Å². The van der Waals surface area contributed by atoms with Gasteiger partial charge in [0.15, 0.2) is 5.13 Å². The van der Waals surface area contributed by atoms with E-state index < -0.39 is 11.4 Å². The lowest BCUT2D eigenvalue weighted by atomic mass is 9.90. The van der Waals surface area contributed by atoms with Crippen molar-refractivity contribution in [2.24, 2.45) is 0 Å². The molecule has 5 heteroatoms. The smallest absolute Gasteiger partial charge is 0.315 e. The van der Waals surface area contributed by atoms with Gasteiger partial charge in [0.1, 0.15) is 5.41 Å². The summed E-state index contributed by atoms with van der Waals surface area (Å²) in [7, 11) is 0. The van der Waals surface area contributed by atoms with Crippen molar-refractivity contribution in [3.8, 4) is 0 Å². The molecule has 1 aliphatic heterocycles. The SMILES string of the molecule is CC(C)(C(=O)O)c1csc(N2CCCCCC2)n1. The second-order valence-electron chi connectivity index (χ2n) is 5.35. The Morgan fingerprint density at radius 3 is 2.50 bits per heavy atom. The Kier molecular flexibility index (Phi) is 3.90. The summed E-state index contributed by atoms with van der Waals surface area (Å²) in [6.45, 7) is 5.49. The van der Waals surface area contributed by atoms with Gasteiger partial charge in [0.2, 0.25) is 0 Å². The first kappa shape index (κ1) is 13.3. The molecule has 0 radical (unpaired) electrons. The molecule has 100 valence electrons. The molecule has 0 atom stereocenters. The number of hydrogen-bond acceptors (Lipinski definition) is 4. The van der Waals surface area contributed by atoms with E-state index in [0.29, 0.717) is 5.69 Å². The highest BCUT2D eigenvalue weighted by atomic mass is 32.1. The lowest BCUT2D eigenvalue weighted by Crippen LogP contribution is -2.29. The zero-order chi connectivity index (χ0) is 13.2. The molecule has 1 aliphatic rings. The second kappa shape index (κ2) is 5.26. The Labute approximate surface area is 112 Å². The van der Waals surface area contributed by atoms with Gasteiger partial charge < -0.3 is 10.0 Å². The highest BCUT2D eigenvalue weighted by molar-refractivity contribution is 7.13. The van der Waals surface area contributed by atoms with Crippen LogP contribution in [0.25, 0.3) is 0 Å². The number of anilines is 1. The summed E-state index contributed by atoms with van der Waals surface area (Å²) in [5, 5.41) is 12.1. The maximum absolute atomic E-state index is 11.2. The fourth-order valence-electron chi connectivity index (χ4n) is 2.07. The first-order valence-electron chi connectivity index (χ1n) is 6.46. The molecule has 0 amide bonds. The molecule has 0 aliphatic carbocycles. The Morgan fingerprint density at radius 1 is 1.33 bits per heavy atom. The van der Waals surface area contributed by atoms with E-state index in [0.717, 1.165) is 18.2 Å². The maximum atomic E-state index is 11.2. The van der Waals surface area contributed by atoms with Crippen molar-refractivity contribution >= 4 is 22.4 Å². The molecule has 0 saturated carbocycles. The monoisotopic (exact) mass is 268 g/mol. The molecule has 0 unspecified atom stereocenters. The van der Waals surface area contributed by atoms with Crippen LogP contribution in [0.15, 0.2) is 5.38 Å². The van der Waals surface area contributed by atoms with Crippen LogP contribution in [0.5, 0.6) is 0 Å². The van der Waals surface area contributed by atoms with Crippen molar-refractivity contribution in [2.45, 2.75) is 44.9 Å². The molecule has 1 N–H and O–H groups in total. The van der Waals surface area contributed by atoms with E-state index in [9.17, 15) is 9.90 Å². The van der Waals surface area contributed by atoms with Crippen LogP contribution in [0, 0.1) is 0 Å². The van der Waals surface area contributed by atoms with Crippen molar-refractivity contribution in [2.75, 3.05) is 18.0 Å². The highest BCUT2D eigenvalue weighted by Gasteiger charge is 2.32. The average molecular weight is 268 g/mol. The van der Waals surface area contributed by atoms with Gasteiger partial charge in [0.25, 0.3) is 0 Å². The third-order valence-corrected chi connectivity index (χ3v) is 4.45. The molecule has 0 bridgehead atoms. The van der Waals surface area contributed by atoms with Crippen molar-refractivity contribution in [3.05, 3.63) is 11.1 Å². The lowest BCUT2D eigenvalue weighted by molar-refractivity contribution is -0.142. The Bertz CT molecular complexity index is 420. The van der Waals surface area contributed by atoms with Crippen LogP contribution in [-0.4, -0.2) is 29.1 Å². The van der Waals surface area contributed by atoms with E-state index in [2.05, 4.69) is 9.88 Å². The fraction of sp³-hybridized carbons (Fsp3) is 0.692. The van der Waals surface area contributed by atoms with E-state index in [1.807, 2.05) is 5.38 Å². The predicted octanol–water partition coefficient (Wildman–Crippen LogP) is 2.89. The minimum absolute atomic E-state index is 0.666. The van der Waals surface area contributed by atoms with E-state index in [4.69, 9.17) is 0 Å². The fourth-order valence-corrected chi connectivity index (χ4v) is 3.12. The van der Waals surface area contributed by atoms with E-state index in [-0.39, 0.29) is 0 Å². The van der Waals surface area contributed by atoms with Crippen LogP contribution in [-0.2, 0) is 10.2 Å². The van der Waals surface area contributed by atoms with Gasteiger partial charge in [-0.1, -0.05) is 12.8 Å². The number of carboxylic acid groups (broad SMARTS) is 1. The summed E-state index contributed by atoms with van der Waals surface area (Å²) in [6, 6.07) is 0. The van der Waals surface area contributed by atoms with E-state index in [1.54, 1.807) is 25.2 Å². The van der Waals surface area contributed by atoms with Crippen LogP contribution in [0.4, 0.5) is 5.13 Å². The van der Waals surface area contributed by atoms with Gasteiger partial charge >= 0.3 is 5.97 Å². The molecule has 0 spiro atoms. The molecule has 1 aromatic heterocycles. The Morgan fingerprint density at radius 2 is 1.94 bits per heavy atom. The number of nitrogens with zero attached hydrogens (tertiary/aromatic N) is 2. The van der Waals surface area contributed by atoms with E-state index >= 15 is 0 Å². The molecular formula is C13H20N2O2S. The standard InChI is InChI=1S/C13H20N2O2S/c1-13(2,11(16)17)10-9-18-12(14-10)15-7-5-3-4-6-8-15/h9H,3-8H2,1-2H3,(H,16,17). The second-order valence-corrected chi connectivity index (χ2v) is 6.18. The third kappa shape index (κ3) is 2.66. The highest BCUT2D eigenvalue weighted by Crippen LogP contribution is 2.30. The largest absolute Gasteiger partial charge is 0.481 e. The normalized spacial score (nSPS) is 17.6. The summed E-state index contributed by atoms with van der Waals surface area (Å²) in [5.41, 5.74) is -0.236. The van der Waals surface area contributed by atoms with Gasteiger partial charge in [-0.2, -0.15) is 0 Å². The number of carbonyl (C=O) groups is 1. The van der Waals surface area contributed by atoms with Crippen molar-refractivity contribution in [1.82, 2.24) is 4.98 Å². The number of aliphatic carboxylic acids is 1. The van der Waals surface area contributed by atoms with Crippen LogP contribution in [0.1, 0.15) is 45.2 Å². The molecule has 1 aromatic rings. The number of carboxylic acids is 1. The van der Waals surface area contributed by atoms with Crippen molar-refractivity contribution in [1.29, 1.82) is 0 Å². The summed E-state index contributed by atoms with van der Waals surface area (Å²) in [6.07, 6.45) is 4.99. The average Bonchev–Trinajstić information content (AvgIpc) is 2.66. The number of rotatable bonds is 3. The van der Waals surface area contributed by atoms with Crippen molar-refractivity contribution in [3.63, 3.8) is 0 Å². The van der Waals surface area contributed by atoms with Crippen molar-refractivity contribution < 1.29 is 9.90 Å². The molecular weight excluding hydrogens is 248 g/mol. The van der Waals surface area contributed by atoms with Gasteiger partial charge in [0, 0.05) is 18.5 Å². The minimum Gasteiger partial charge on any atom is -0.481 e. The summed E-state index contributed by atoms with van der Waals surface area (Å²) < 4.78 is 0. The maximum Gasteiger partial charge on any atom is 0.315 e. The number of thiazole rings is 1. The van der Waals surface area contributed by atoms with Gasteiger partial charge in [-0.15, -0.1) is 11.3 Å². The lowest BCUT2D eigenvalue weighted by Gasteiger charge is -2.20. The van der Waals surface area contributed by atoms with Crippen LogP contribution in [0.2, 0.25) is 0 Å². The summed E-state index contributed by atoms with van der Waals surface area (Å²) >= 11 is 1.56. The molecule has 18 heavy (non-hydrogen) atoms. The minimum atomic E-state index is -0.902. The van der Waals surface area contributed by atoms with Gasteiger partial charge in [-0.3, -0.25) is 4.79 Å². The van der Waals surface area contributed by atoms with Gasteiger partial charge in [0.05, 0.1) is 5.69 Å².